The normalized spacial score (nSPS) is 16.7. The standard InChI is InChI=1S/C17H20F3N3O7.C14H11ClS/c1-10(17(18,19)20)22-8-21-23-5-2-12(24)14(13(23)15(22)25)28-9-29-16(26)30-11-3-6-27-7-4-11;15-13-6-3-5-10-8-11-4-1-2-7-14(11)16-9-12(10)13/h2,5,10-11,21H,3-4,6-9H2,1H3;1-7H,8-9H2/t10-;/m1./s1. The van der Waals surface area contributed by atoms with Crippen molar-refractivity contribution in [1.29, 1.82) is 0 Å². The van der Waals surface area contributed by atoms with E-state index in [0.29, 0.717) is 31.0 Å². The number of thioether (sulfide) groups is 1. The van der Waals surface area contributed by atoms with Crippen molar-refractivity contribution < 1.29 is 41.7 Å². The summed E-state index contributed by atoms with van der Waals surface area (Å²) in [6, 6.07) is 13.8. The van der Waals surface area contributed by atoms with Gasteiger partial charge in [-0.2, -0.15) is 13.2 Å². The highest BCUT2D eigenvalue weighted by Crippen LogP contribution is 2.36. The molecule has 4 heterocycles. The van der Waals surface area contributed by atoms with E-state index >= 15 is 0 Å². The number of hydrogen-bond donors (Lipinski definition) is 1. The molecule has 15 heteroatoms. The van der Waals surface area contributed by atoms with E-state index in [1.165, 1.54) is 27.8 Å². The number of fused-ring (bicyclic) bond motifs is 3. The molecule has 1 atom stereocenters. The molecule has 3 aliphatic heterocycles. The summed E-state index contributed by atoms with van der Waals surface area (Å²) in [7, 11) is 0. The van der Waals surface area contributed by atoms with Crippen LogP contribution >= 0.6 is 23.4 Å². The van der Waals surface area contributed by atoms with E-state index in [-0.39, 0.29) is 6.10 Å². The predicted molar refractivity (Wildman–Crippen MR) is 164 cm³/mol. The number of aromatic nitrogens is 1. The van der Waals surface area contributed by atoms with Gasteiger partial charge in [-0.3, -0.25) is 14.3 Å². The van der Waals surface area contributed by atoms with E-state index in [2.05, 4.69) is 35.8 Å². The topological polar surface area (TPSA) is 108 Å². The van der Waals surface area contributed by atoms with Crippen LogP contribution in [0, 0.1) is 0 Å². The third kappa shape index (κ3) is 7.91. The molecule has 246 valence electrons. The maximum atomic E-state index is 13.0. The van der Waals surface area contributed by atoms with Crippen molar-refractivity contribution in [3.63, 3.8) is 0 Å². The molecule has 0 spiro atoms. The Labute approximate surface area is 271 Å². The highest BCUT2D eigenvalue weighted by molar-refractivity contribution is 7.98. The van der Waals surface area contributed by atoms with Crippen molar-refractivity contribution >= 4 is 35.4 Å². The van der Waals surface area contributed by atoms with Crippen LogP contribution in [0.3, 0.4) is 0 Å². The Hall–Kier alpha value is -3.88. The lowest BCUT2D eigenvalue weighted by atomic mass is 10.0. The minimum Gasteiger partial charge on any atom is -0.451 e. The van der Waals surface area contributed by atoms with Crippen LogP contribution in [0.15, 0.2) is 64.4 Å². The molecular formula is C31H31ClF3N3O7S. The monoisotopic (exact) mass is 681 g/mol. The third-order valence-corrected chi connectivity index (χ3v) is 9.12. The van der Waals surface area contributed by atoms with Gasteiger partial charge < -0.3 is 29.3 Å². The van der Waals surface area contributed by atoms with Crippen molar-refractivity contribution in [2.75, 3.05) is 32.1 Å². The molecule has 3 aromatic rings. The summed E-state index contributed by atoms with van der Waals surface area (Å²) in [6.07, 6.45) is -2.86. The van der Waals surface area contributed by atoms with Crippen LogP contribution in [-0.2, 0) is 26.4 Å². The van der Waals surface area contributed by atoms with E-state index in [1.807, 2.05) is 23.9 Å². The number of benzene rings is 2. The van der Waals surface area contributed by atoms with Crippen molar-refractivity contribution in [2.45, 2.75) is 55.2 Å². The number of carbonyl (C=O) groups excluding carboxylic acids is 2. The number of pyridine rings is 1. The highest BCUT2D eigenvalue weighted by atomic mass is 35.5. The van der Waals surface area contributed by atoms with Gasteiger partial charge in [0, 0.05) is 40.8 Å². The van der Waals surface area contributed by atoms with Gasteiger partial charge in [-0.05, 0) is 42.2 Å². The molecule has 1 aromatic heterocycles. The van der Waals surface area contributed by atoms with Gasteiger partial charge in [0.2, 0.25) is 18.0 Å². The number of hydrogen-bond acceptors (Lipinski definition) is 9. The number of amides is 1. The number of alkyl halides is 3. The fraction of sp³-hybridized carbons (Fsp3) is 0.387. The first-order valence-corrected chi connectivity index (χ1v) is 15.8. The first kappa shape index (κ1) is 33.5. The molecule has 10 nitrogen and oxygen atoms in total. The van der Waals surface area contributed by atoms with E-state index in [1.54, 1.807) is 0 Å². The van der Waals surface area contributed by atoms with Gasteiger partial charge in [0.25, 0.3) is 5.91 Å². The maximum Gasteiger partial charge on any atom is 0.511 e. The average molecular weight is 682 g/mol. The molecule has 0 unspecified atom stereocenters. The van der Waals surface area contributed by atoms with E-state index in [4.69, 9.17) is 30.5 Å². The van der Waals surface area contributed by atoms with Crippen LogP contribution in [0.2, 0.25) is 5.02 Å². The molecule has 3 aliphatic rings. The van der Waals surface area contributed by atoms with Crippen molar-refractivity contribution in [3.05, 3.63) is 92.4 Å². The van der Waals surface area contributed by atoms with E-state index in [9.17, 15) is 27.6 Å². The summed E-state index contributed by atoms with van der Waals surface area (Å²) in [6.45, 7) is 0.526. The van der Waals surface area contributed by atoms with Gasteiger partial charge in [0.05, 0.1) is 13.2 Å². The molecule has 6 rings (SSSR count). The molecule has 0 saturated carbocycles. The summed E-state index contributed by atoms with van der Waals surface area (Å²) in [5.74, 6) is -0.629. The minimum absolute atomic E-state index is 0.371. The molecular weight excluding hydrogens is 651 g/mol. The lowest BCUT2D eigenvalue weighted by Crippen LogP contribution is -2.54. The molecule has 2 aromatic carbocycles. The average Bonchev–Trinajstić information content (AvgIpc) is 3.23. The van der Waals surface area contributed by atoms with Crippen LogP contribution in [-0.4, -0.2) is 66.6 Å². The fourth-order valence-corrected chi connectivity index (χ4v) is 6.50. The van der Waals surface area contributed by atoms with Crippen molar-refractivity contribution in [2.24, 2.45) is 0 Å². The summed E-state index contributed by atoms with van der Waals surface area (Å²) in [4.78, 5) is 38.4. The Morgan fingerprint density at radius 2 is 1.85 bits per heavy atom. The predicted octanol–water partition coefficient (Wildman–Crippen LogP) is 5.96. The Balaban J connectivity index is 0.000000217. The number of nitrogens with zero attached hydrogens (tertiary/aromatic N) is 2. The van der Waals surface area contributed by atoms with Crippen LogP contribution in [0.25, 0.3) is 0 Å². The van der Waals surface area contributed by atoms with Gasteiger partial charge in [-0.15, -0.1) is 11.8 Å². The summed E-state index contributed by atoms with van der Waals surface area (Å²) in [5.41, 5.74) is 5.45. The van der Waals surface area contributed by atoms with Crippen LogP contribution in [0.4, 0.5) is 18.0 Å². The molecule has 0 radical (unpaired) electrons. The van der Waals surface area contributed by atoms with Crippen molar-refractivity contribution in [3.8, 4) is 5.75 Å². The molecule has 1 amide bonds. The second-order valence-corrected chi connectivity index (χ2v) is 12.0. The van der Waals surface area contributed by atoms with Crippen molar-refractivity contribution in [1.82, 2.24) is 9.58 Å². The first-order chi connectivity index (χ1) is 22.0. The Morgan fingerprint density at radius 3 is 2.61 bits per heavy atom. The number of halogens is 4. The number of nitrogens with one attached hydrogen (secondary N) is 1. The van der Waals surface area contributed by atoms with Crippen LogP contribution in [0.5, 0.6) is 5.75 Å². The molecule has 0 aliphatic carbocycles. The largest absolute Gasteiger partial charge is 0.511 e. The van der Waals surface area contributed by atoms with E-state index in [0.717, 1.165) is 34.9 Å². The summed E-state index contributed by atoms with van der Waals surface area (Å²) >= 11 is 8.13. The minimum atomic E-state index is -4.66. The molecule has 1 N–H and O–H groups in total. The third-order valence-electron chi connectivity index (χ3n) is 7.62. The Kier molecular flexibility index (Phi) is 10.7. The van der Waals surface area contributed by atoms with Gasteiger partial charge >= 0.3 is 12.3 Å². The van der Waals surface area contributed by atoms with Crippen LogP contribution in [0.1, 0.15) is 46.9 Å². The zero-order chi connectivity index (χ0) is 32.8. The molecule has 1 saturated heterocycles. The maximum absolute atomic E-state index is 13.0. The molecule has 1 fully saturated rings. The summed E-state index contributed by atoms with van der Waals surface area (Å²) < 4.78 is 60.3. The SMILES string of the molecule is C[C@@H](N1CNn2ccc(=O)c(OCOC(=O)OC3CCOCC3)c2C1=O)C(F)(F)F.Clc1cccc2c1CSc1ccccc1C2. The zero-order valence-corrected chi connectivity index (χ0v) is 26.3. The smallest absolute Gasteiger partial charge is 0.451 e. The fourth-order valence-electron chi connectivity index (χ4n) is 5.02. The van der Waals surface area contributed by atoms with Gasteiger partial charge in [0.1, 0.15) is 18.8 Å². The number of carbonyl (C=O) groups is 2. The lowest BCUT2D eigenvalue weighted by Gasteiger charge is -2.36. The Bertz CT molecular complexity index is 1630. The second kappa shape index (κ2) is 14.7. The quantitative estimate of drug-likeness (QED) is 0.258. The first-order valence-electron chi connectivity index (χ1n) is 14.4. The van der Waals surface area contributed by atoms with E-state index < -0.39 is 54.6 Å². The van der Waals surface area contributed by atoms with Gasteiger partial charge in [-0.1, -0.05) is 41.9 Å². The lowest BCUT2D eigenvalue weighted by molar-refractivity contribution is -0.172. The van der Waals surface area contributed by atoms with Crippen LogP contribution < -0.4 is 15.6 Å². The second-order valence-electron chi connectivity index (χ2n) is 10.6. The summed E-state index contributed by atoms with van der Waals surface area (Å²) in [5, 5.41) is 0.901. The Morgan fingerprint density at radius 1 is 1.11 bits per heavy atom. The molecule has 46 heavy (non-hydrogen) atoms. The highest BCUT2D eigenvalue weighted by Gasteiger charge is 2.44. The van der Waals surface area contributed by atoms with Gasteiger partial charge in [0.15, 0.2) is 5.69 Å². The number of rotatable bonds is 5. The zero-order valence-electron chi connectivity index (χ0n) is 24.7. The number of ether oxygens (including phenoxy) is 4. The molecule has 0 bridgehead atoms. The van der Waals surface area contributed by atoms with Gasteiger partial charge in [-0.25, -0.2) is 4.79 Å².